The number of hydrogen-bond acceptors (Lipinski definition) is 5. The Morgan fingerprint density at radius 2 is 2.45 bits per heavy atom. The van der Waals surface area contributed by atoms with Crippen LogP contribution in [0.1, 0.15) is 17.7 Å². The Morgan fingerprint density at radius 3 is 3.15 bits per heavy atom. The van der Waals surface area contributed by atoms with Crippen LogP contribution >= 0.6 is 11.3 Å². The average molecular weight is 295 g/mol. The molecule has 20 heavy (non-hydrogen) atoms. The lowest BCUT2D eigenvalue weighted by Crippen LogP contribution is -2.34. The van der Waals surface area contributed by atoms with Crippen LogP contribution in [-0.2, 0) is 19.1 Å². The van der Waals surface area contributed by atoms with Gasteiger partial charge in [-0.1, -0.05) is 6.07 Å². The minimum atomic E-state index is -0.523. The van der Waals surface area contributed by atoms with E-state index in [0.717, 1.165) is 24.3 Å². The first-order valence-electron chi connectivity index (χ1n) is 6.50. The number of hydrogen-bond donors (Lipinski definition) is 1. The highest BCUT2D eigenvalue weighted by molar-refractivity contribution is 7.10. The van der Waals surface area contributed by atoms with Gasteiger partial charge in [-0.05, 0) is 30.4 Å². The Morgan fingerprint density at radius 1 is 1.55 bits per heavy atom. The van der Waals surface area contributed by atoms with Gasteiger partial charge in [0.05, 0.1) is 6.10 Å². The molecule has 1 fully saturated rings. The van der Waals surface area contributed by atoms with E-state index in [9.17, 15) is 9.59 Å². The van der Waals surface area contributed by atoms with E-state index < -0.39 is 5.97 Å². The van der Waals surface area contributed by atoms with E-state index in [-0.39, 0.29) is 18.6 Å². The molecule has 1 N–H and O–H groups in total. The Labute approximate surface area is 121 Å². The minimum Gasteiger partial charge on any atom is -0.452 e. The van der Waals surface area contributed by atoms with Crippen LogP contribution in [0.25, 0.3) is 6.08 Å². The van der Waals surface area contributed by atoms with E-state index in [1.54, 1.807) is 6.08 Å². The molecule has 1 aromatic rings. The van der Waals surface area contributed by atoms with Crippen LogP contribution in [0.2, 0.25) is 0 Å². The van der Waals surface area contributed by atoms with Gasteiger partial charge in [-0.15, -0.1) is 11.3 Å². The average Bonchev–Trinajstić information content (AvgIpc) is 3.13. The van der Waals surface area contributed by atoms with Crippen LogP contribution in [0, 0.1) is 0 Å². The number of rotatable bonds is 6. The molecule has 1 aliphatic rings. The molecule has 2 heterocycles. The third-order valence-electron chi connectivity index (χ3n) is 2.82. The van der Waals surface area contributed by atoms with Gasteiger partial charge in [-0.25, -0.2) is 4.79 Å². The Hall–Kier alpha value is -1.66. The number of esters is 1. The smallest absolute Gasteiger partial charge is 0.331 e. The SMILES string of the molecule is O=C(COC(=O)/C=C/c1cccs1)NC[C@@H]1CCCO1. The summed E-state index contributed by atoms with van der Waals surface area (Å²) in [5.41, 5.74) is 0. The summed E-state index contributed by atoms with van der Waals surface area (Å²) in [6.07, 6.45) is 5.07. The zero-order valence-electron chi connectivity index (χ0n) is 11.0. The summed E-state index contributed by atoms with van der Waals surface area (Å²) in [6, 6.07) is 3.79. The second-order valence-electron chi connectivity index (χ2n) is 4.40. The summed E-state index contributed by atoms with van der Waals surface area (Å²) in [6.45, 7) is 0.963. The molecule has 2 rings (SSSR count). The predicted octanol–water partition coefficient (Wildman–Crippen LogP) is 1.60. The molecular weight excluding hydrogens is 278 g/mol. The maximum Gasteiger partial charge on any atom is 0.331 e. The van der Waals surface area contributed by atoms with Crippen LogP contribution in [0.4, 0.5) is 0 Å². The van der Waals surface area contributed by atoms with E-state index >= 15 is 0 Å². The minimum absolute atomic E-state index is 0.0911. The lowest BCUT2D eigenvalue weighted by atomic mass is 10.2. The molecule has 1 saturated heterocycles. The van der Waals surface area contributed by atoms with Crippen molar-refractivity contribution >= 4 is 29.3 Å². The van der Waals surface area contributed by atoms with Crippen molar-refractivity contribution < 1.29 is 19.1 Å². The normalized spacial score (nSPS) is 18.3. The van der Waals surface area contributed by atoms with E-state index in [0.29, 0.717) is 6.54 Å². The molecule has 5 nitrogen and oxygen atoms in total. The summed E-state index contributed by atoms with van der Waals surface area (Å²) in [7, 11) is 0. The molecule has 1 atom stereocenters. The first-order chi connectivity index (χ1) is 9.74. The maximum absolute atomic E-state index is 11.5. The summed E-state index contributed by atoms with van der Waals surface area (Å²) in [5, 5.41) is 4.61. The number of thiophene rings is 1. The van der Waals surface area contributed by atoms with Crippen molar-refractivity contribution in [3.63, 3.8) is 0 Å². The van der Waals surface area contributed by atoms with Gasteiger partial charge < -0.3 is 14.8 Å². The molecule has 0 saturated carbocycles. The van der Waals surface area contributed by atoms with Crippen molar-refractivity contribution in [2.45, 2.75) is 18.9 Å². The number of carbonyl (C=O) groups excluding carboxylic acids is 2. The highest BCUT2D eigenvalue weighted by Gasteiger charge is 2.16. The van der Waals surface area contributed by atoms with Gasteiger partial charge in [0.25, 0.3) is 5.91 Å². The summed E-state index contributed by atoms with van der Waals surface area (Å²) < 4.78 is 10.2. The first-order valence-corrected chi connectivity index (χ1v) is 7.38. The lowest BCUT2D eigenvalue weighted by Gasteiger charge is -2.10. The van der Waals surface area contributed by atoms with Gasteiger partial charge in [-0.2, -0.15) is 0 Å². The Bertz CT molecular complexity index is 464. The fraction of sp³-hybridized carbons (Fsp3) is 0.429. The van der Waals surface area contributed by atoms with Crippen molar-refractivity contribution in [2.75, 3.05) is 19.8 Å². The number of amides is 1. The molecule has 1 amide bonds. The van der Waals surface area contributed by atoms with Crippen molar-refractivity contribution in [1.82, 2.24) is 5.32 Å². The topological polar surface area (TPSA) is 64.6 Å². The second kappa shape index (κ2) is 7.81. The van der Waals surface area contributed by atoms with Gasteiger partial charge in [0.1, 0.15) is 0 Å². The van der Waals surface area contributed by atoms with Gasteiger partial charge >= 0.3 is 5.97 Å². The van der Waals surface area contributed by atoms with Gasteiger partial charge in [0, 0.05) is 24.1 Å². The maximum atomic E-state index is 11.5. The van der Waals surface area contributed by atoms with Crippen molar-refractivity contribution in [2.24, 2.45) is 0 Å². The third-order valence-corrected chi connectivity index (χ3v) is 3.66. The monoisotopic (exact) mass is 295 g/mol. The zero-order chi connectivity index (χ0) is 14.2. The predicted molar refractivity (Wildman–Crippen MR) is 76.3 cm³/mol. The van der Waals surface area contributed by atoms with Crippen LogP contribution in [0.15, 0.2) is 23.6 Å². The third kappa shape index (κ3) is 5.14. The summed E-state index contributed by atoms with van der Waals surface area (Å²) >= 11 is 1.52. The molecule has 6 heteroatoms. The molecule has 108 valence electrons. The Balaban J connectivity index is 1.61. The van der Waals surface area contributed by atoms with Crippen molar-refractivity contribution in [1.29, 1.82) is 0 Å². The van der Waals surface area contributed by atoms with Crippen LogP contribution in [0.5, 0.6) is 0 Å². The zero-order valence-corrected chi connectivity index (χ0v) is 11.9. The van der Waals surface area contributed by atoms with Gasteiger partial charge in [-0.3, -0.25) is 4.79 Å². The van der Waals surface area contributed by atoms with Gasteiger partial charge in [0.15, 0.2) is 6.61 Å². The number of nitrogens with one attached hydrogen (secondary N) is 1. The molecule has 0 aromatic carbocycles. The molecule has 0 aliphatic carbocycles. The first kappa shape index (κ1) is 14.7. The van der Waals surface area contributed by atoms with Crippen LogP contribution in [0.3, 0.4) is 0 Å². The Kier molecular flexibility index (Phi) is 5.76. The van der Waals surface area contributed by atoms with Crippen molar-refractivity contribution in [3.8, 4) is 0 Å². The van der Waals surface area contributed by atoms with E-state index in [1.807, 2.05) is 17.5 Å². The molecule has 0 spiro atoms. The molecular formula is C14H17NO4S. The highest BCUT2D eigenvalue weighted by Crippen LogP contribution is 2.11. The number of carbonyl (C=O) groups is 2. The quantitative estimate of drug-likeness (QED) is 0.639. The summed E-state index contributed by atoms with van der Waals surface area (Å²) in [5.74, 6) is -0.830. The molecule has 0 radical (unpaired) electrons. The highest BCUT2D eigenvalue weighted by atomic mass is 32.1. The fourth-order valence-corrected chi connectivity index (χ4v) is 2.42. The van der Waals surface area contributed by atoms with Crippen molar-refractivity contribution in [3.05, 3.63) is 28.5 Å². The van der Waals surface area contributed by atoms with Gasteiger partial charge in [0.2, 0.25) is 0 Å². The largest absolute Gasteiger partial charge is 0.452 e. The lowest BCUT2D eigenvalue weighted by molar-refractivity contribution is -0.143. The van der Waals surface area contributed by atoms with E-state index in [4.69, 9.17) is 9.47 Å². The molecule has 0 unspecified atom stereocenters. The van der Waals surface area contributed by atoms with E-state index in [1.165, 1.54) is 17.4 Å². The van der Waals surface area contributed by atoms with Crippen LogP contribution in [-0.4, -0.2) is 37.7 Å². The standard InChI is InChI=1S/C14H17NO4S/c16-13(15-9-11-3-1-7-18-11)10-19-14(17)6-5-12-4-2-8-20-12/h2,4-6,8,11H,1,3,7,9-10H2,(H,15,16)/b6-5+/t11-/m0/s1. The summed E-state index contributed by atoms with van der Waals surface area (Å²) in [4.78, 5) is 23.8. The molecule has 0 bridgehead atoms. The number of ether oxygens (including phenoxy) is 2. The van der Waals surface area contributed by atoms with E-state index in [2.05, 4.69) is 5.32 Å². The second-order valence-corrected chi connectivity index (χ2v) is 5.37. The molecule has 1 aliphatic heterocycles. The molecule has 1 aromatic heterocycles. The van der Waals surface area contributed by atoms with Crippen LogP contribution < -0.4 is 5.32 Å². The fourth-order valence-electron chi connectivity index (χ4n) is 1.81.